The van der Waals surface area contributed by atoms with Gasteiger partial charge in [0, 0.05) is 26.6 Å². The fourth-order valence-electron chi connectivity index (χ4n) is 2.01. The van der Waals surface area contributed by atoms with E-state index in [2.05, 4.69) is 5.32 Å². The van der Waals surface area contributed by atoms with Crippen molar-refractivity contribution in [1.82, 2.24) is 10.2 Å². The second kappa shape index (κ2) is 5.84. The smallest absolute Gasteiger partial charge is 0.239 e. The Morgan fingerprint density at radius 2 is 2.25 bits per heavy atom. The minimum atomic E-state index is -0.431. The predicted molar refractivity (Wildman–Crippen MR) is 61.6 cm³/mol. The fraction of sp³-hybridized carbons (Fsp3) is 0.818. The summed E-state index contributed by atoms with van der Waals surface area (Å²) in [4.78, 5) is 24.3. The van der Waals surface area contributed by atoms with Crippen molar-refractivity contribution in [2.24, 2.45) is 11.7 Å². The number of likely N-dealkylation sites (tertiary alicyclic amines) is 1. The summed E-state index contributed by atoms with van der Waals surface area (Å²) in [6.45, 7) is 5.36. The van der Waals surface area contributed by atoms with Crippen molar-refractivity contribution in [3.63, 3.8) is 0 Å². The molecule has 0 aromatic carbocycles. The van der Waals surface area contributed by atoms with Crippen molar-refractivity contribution in [2.45, 2.75) is 32.7 Å². The molecule has 1 heterocycles. The van der Waals surface area contributed by atoms with E-state index in [0.717, 1.165) is 19.4 Å². The first-order valence-electron chi connectivity index (χ1n) is 5.79. The molecule has 0 bridgehead atoms. The van der Waals surface area contributed by atoms with E-state index < -0.39 is 6.04 Å². The van der Waals surface area contributed by atoms with Gasteiger partial charge < -0.3 is 16.0 Å². The number of nitrogens with zero attached hydrogens (tertiary/aromatic N) is 1. The molecule has 0 saturated carbocycles. The Labute approximate surface area is 96.4 Å². The number of hydrogen-bond acceptors (Lipinski definition) is 3. The molecule has 0 unspecified atom stereocenters. The topological polar surface area (TPSA) is 75.4 Å². The molecule has 2 atom stereocenters. The van der Waals surface area contributed by atoms with Gasteiger partial charge in [-0.15, -0.1) is 0 Å². The normalized spacial score (nSPS) is 22.7. The molecule has 1 saturated heterocycles. The van der Waals surface area contributed by atoms with Crippen LogP contribution in [0.1, 0.15) is 26.7 Å². The maximum absolute atomic E-state index is 11.7. The van der Waals surface area contributed by atoms with Crippen LogP contribution in [0.15, 0.2) is 0 Å². The van der Waals surface area contributed by atoms with E-state index in [9.17, 15) is 9.59 Å². The SMILES string of the molecule is CC(=O)NC[C@H]1CCCN(C(=O)[C@H](C)N)C1. The van der Waals surface area contributed by atoms with Gasteiger partial charge in [0.1, 0.15) is 0 Å². The van der Waals surface area contributed by atoms with Gasteiger partial charge in [-0.1, -0.05) is 0 Å². The first-order valence-corrected chi connectivity index (χ1v) is 5.79. The summed E-state index contributed by atoms with van der Waals surface area (Å²) < 4.78 is 0. The molecule has 0 aromatic heterocycles. The highest BCUT2D eigenvalue weighted by molar-refractivity contribution is 5.81. The van der Waals surface area contributed by atoms with Crippen LogP contribution in [0.2, 0.25) is 0 Å². The van der Waals surface area contributed by atoms with Gasteiger partial charge >= 0.3 is 0 Å². The molecule has 16 heavy (non-hydrogen) atoms. The van der Waals surface area contributed by atoms with Crippen LogP contribution in [0, 0.1) is 5.92 Å². The molecular formula is C11H21N3O2. The second-order valence-corrected chi connectivity index (χ2v) is 4.52. The number of rotatable bonds is 3. The summed E-state index contributed by atoms with van der Waals surface area (Å²) in [6, 6.07) is -0.431. The summed E-state index contributed by atoms with van der Waals surface area (Å²) in [5, 5.41) is 2.80. The van der Waals surface area contributed by atoms with Gasteiger partial charge in [-0.05, 0) is 25.7 Å². The molecule has 1 fully saturated rings. The Bertz CT molecular complexity index is 266. The van der Waals surface area contributed by atoms with Gasteiger partial charge in [-0.25, -0.2) is 0 Å². The minimum Gasteiger partial charge on any atom is -0.356 e. The van der Waals surface area contributed by atoms with Crippen LogP contribution in [0.4, 0.5) is 0 Å². The standard InChI is InChI=1S/C11H21N3O2/c1-8(12)11(16)14-5-3-4-10(7-14)6-13-9(2)15/h8,10H,3-7,12H2,1-2H3,(H,13,15)/t8-,10+/m0/s1. The number of piperidine rings is 1. The number of nitrogens with one attached hydrogen (secondary N) is 1. The lowest BCUT2D eigenvalue weighted by molar-refractivity contribution is -0.133. The average molecular weight is 227 g/mol. The van der Waals surface area contributed by atoms with Crippen molar-refractivity contribution in [3.05, 3.63) is 0 Å². The van der Waals surface area contributed by atoms with Crippen LogP contribution in [0.3, 0.4) is 0 Å². The van der Waals surface area contributed by atoms with E-state index in [1.54, 1.807) is 11.8 Å². The van der Waals surface area contributed by atoms with Gasteiger partial charge in [-0.2, -0.15) is 0 Å². The number of carbonyl (C=O) groups is 2. The van der Waals surface area contributed by atoms with Gasteiger partial charge in [0.2, 0.25) is 11.8 Å². The summed E-state index contributed by atoms with van der Waals surface area (Å²) in [5.74, 6) is 0.350. The highest BCUT2D eigenvalue weighted by Gasteiger charge is 2.25. The molecule has 1 aliphatic heterocycles. The number of hydrogen-bond donors (Lipinski definition) is 2. The zero-order chi connectivity index (χ0) is 12.1. The van der Waals surface area contributed by atoms with Crippen LogP contribution in [0.5, 0.6) is 0 Å². The van der Waals surface area contributed by atoms with Crippen LogP contribution in [-0.2, 0) is 9.59 Å². The minimum absolute atomic E-state index is 0.00697. The van der Waals surface area contributed by atoms with Crippen LogP contribution < -0.4 is 11.1 Å². The zero-order valence-electron chi connectivity index (χ0n) is 10.0. The molecule has 0 aliphatic carbocycles. The number of nitrogens with two attached hydrogens (primary N) is 1. The maximum Gasteiger partial charge on any atom is 0.239 e. The lowest BCUT2D eigenvalue weighted by Gasteiger charge is -2.33. The monoisotopic (exact) mass is 227 g/mol. The summed E-state index contributed by atoms with van der Waals surface area (Å²) in [6.07, 6.45) is 2.05. The van der Waals surface area contributed by atoms with Crippen LogP contribution >= 0.6 is 0 Å². The lowest BCUT2D eigenvalue weighted by atomic mass is 9.97. The molecule has 0 radical (unpaired) electrons. The summed E-state index contributed by atoms with van der Waals surface area (Å²) in [7, 11) is 0. The highest BCUT2D eigenvalue weighted by atomic mass is 16.2. The van der Waals surface area contributed by atoms with Crippen molar-refractivity contribution in [2.75, 3.05) is 19.6 Å². The average Bonchev–Trinajstić information content (AvgIpc) is 2.25. The molecule has 2 amide bonds. The van der Waals surface area contributed by atoms with Crippen LogP contribution in [-0.4, -0.2) is 42.4 Å². The van der Waals surface area contributed by atoms with Gasteiger partial charge in [0.25, 0.3) is 0 Å². The lowest BCUT2D eigenvalue weighted by Crippen LogP contribution is -2.48. The molecule has 1 rings (SSSR count). The molecule has 0 aromatic rings. The zero-order valence-corrected chi connectivity index (χ0v) is 10.0. The first kappa shape index (κ1) is 13.0. The predicted octanol–water partition coefficient (Wildman–Crippen LogP) is -0.292. The molecule has 1 aliphatic rings. The molecule has 0 spiro atoms. The Kier molecular flexibility index (Phi) is 4.73. The fourth-order valence-corrected chi connectivity index (χ4v) is 2.01. The summed E-state index contributed by atoms with van der Waals surface area (Å²) in [5.41, 5.74) is 5.57. The van der Waals surface area contributed by atoms with Gasteiger partial charge in [0.05, 0.1) is 6.04 Å². The van der Waals surface area contributed by atoms with Crippen molar-refractivity contribution >= 4 is 11.8 Å². The second-order valence-electron chi connectivity index (χ2n) is 4.52. The van der Waals surface area contributed by atoms with Crippen molar-refractivity contribution in [1.29, 1.82) is 0 Å². The van der Waals surface area contributed by atoms with Crippen LogP contribution in [0.25, 0.3) is 0 Å². The third kappa shape index (κ3) is 3.81. The number of carbonyl (C=O) groups excluding carboxylic acids is 2. The highest BCUT2D eigenvalue weighted by Crippen LogP contribution is 2.16. The molecular weight excluding hydrogens is 206 g/mol. The molecule has 3 N–H and O–H groups in total. The molecule has 92 valence electrons. The molecule has 5 nitrogen and oxygen atoms in total. The van der Waals surface area contributed by atoms with E-state index in [-0.39, 0.29) is 11.8 Å². The first-order chi connectivity index (χ1) is 7.50. The quantitative estimate of drug-likeness (QED) is 0.695. The number of amides is 2. The summed E-state index contributed by atoms with van der Waals surface area (Å²) >= 11 is 0. The Hall–Kier alpha value is -1.10. The molecule has 5 heteroatoms. The largest absolute Gasteiger partial charge is 0.356 e. The van der Waals surface area contributed by atoms with Gasteiger partial charge in [0.15, 0.2) is 0 Å². The van der Waals surface area contributed by atoms with E-state index >= 15 is 0 Å². The third-order valence-electron chi connectivity index (χ3n) is 2.86. The maximum atomic E-state index is 11.7. The van der Waals surface area contributed by atoms with E-state index in [0.29, 0.717) is 19.0 Å². The third-order valence-corrected chi connectivity index (χ3v) is 2.86. The van der Waals surface area contributed by atoms with Gasteiger partial charge in [-0.3, -0.25) is 9.59 Å². The van der Waals surface area contributed by atoms with E-state index in [4.69, 9.17) is 5.73 Å². The Morgan fingerprint density at radius 1 is 1.56 bits per heavy atom. The van der Waals surface area contributed by atoms with E-state index in [1.165, 1.54) is 6.92 Å². The van der Waals surface area contributed by atoms with Crippen molar-refractivity contribution in [3.8, 4) is 0 Å². The Morgan fingerprint density at radius 3 is 2.81 bits per heavy atom. The van der Waals surface area contributed by atoms with E-state index in [1.807, 2.05) is 0 Å². The Balaban J connectivity index is 2.41. The van der Waals surface area contributed by atoms with Crippen molar-refractivity contribution < 1.29 is 9.59 Å².